The number of rotatable bonds is 5. The minimum atomic E-state index is -1.04. The van der Waals surface area contributed by atoms with Crippen LogP contribution in [0.3, 0.4) is 0 Å². The highest BCUT2D eigenvalue weighted by Gasteiger charge is 2.18. The molecule has 1 aromatic rings. The lowest BCUT2D eigenvalue weighted by molar-refractivity contribution is 0.113. The Hall–Kier alpha value is -0.750. The van der Waals surface area contributed by atoms with Gasteiger partial charge >= 0.3 is 0 Å². The van der Waals surface area contributed by atoms with Crippen molar-refractivity contribution >= 4 is 12.4 Å². The van der Waals surface area contributed by atoms with Crippen molar-refractivity contribution in [2.45, 2.75) is 32.4 Å². The molecule has 22 heavy (non-hydrogen) atoms. The van der Waals surface area contributed by atoms with E-state index in [2.05, 4.69) is 10.2 Å². The molecule has 0 unspecified atom stereocenters. The van der Waals surface area contributed by atoms with Crippen LogP contribution in [0.1, 0.15) is 25.0 Å². The molecule has 1 aliphatic rings. The molecule has 1 saturated heterocycles. The van der Waals surface area contributed by atoms with Gasteiger partial charge in [0.25, 0.3) is 0 Å². The number of hydrogen-bond donors (Lipinski definition) is 2. The smallest absolute Gasteiger partial charge is 0.129 e. The maximum Gasteiger partial charge on any atom is 0.129 e. The molecule has 1 fully saturated rings. The van der Waals surface area contributed by atoms with Gasteiger partial charge in [-0.2, -0.15) is 0 Å². The summed E-state index contributed by atoms with van der Waals surface area (Å²) in [6.07, 6.45) is 1.58. The first-order valence-corrected chi connectivity index (χ1v) is 7.32. The molecule has 1 heterocycles. The van der Waals surface area contributed by atoms with Crippen molar-refractivity contribution in [3.63, 3.8) is 0 Å². The van der Waals surface area contributed by atoms with E-state index < -0.39 is 17.2 Å². The van der Waals surface area contributed by atoms with Gasteiger partial charge in [0.2, 0.25) is 0 Å². The quantitative estimate of drug-likeness (QED) is 0.868. The summed E-state index contributed by atoms with van der Waals surface area (Å²) in [5.41, 5.74) is -0.377. The molecule has 0 bridgehead atoms. The summed E-state index contributed by atoms with van der Waals surface area (Å²) in [4.78, 5) is 2.17. The average molecular weight is 334 g/mol. The van der Waals surface area contributed by atoms with Crippen molar-refractivity contribution in [2.75, 3.05) is 26.2 Å². The average Bonchev–Trinajstić information content (AvgIpc) is 2.37. The van der Waals surface area contributed by atoms with Gasteiger partial charge in [0.15, 0.2) is 0 Å². The third kappa shape index (κ3) is 5.80. The Labute approximate surface area is 137 Å². The molecule has 6 heteroatoms. The Morgan fingerprint density at radius 1 is 1.23 bits per heavy atom. The van der Waals surface area contributed by atoms with Crippen LogP contribution in [0.15, 0.2) is 12.1 Å². The van der Waals surface area contributed by atoms with Crippen molar-refractivity contribution in [1.82, 2.24) is 10.2 Å². The van der Waals surface area contributed by atoms with Gasteiger partial charge in [-0.3, -0.25) is 4.90 Å². The van der Waals surface area contributed by atoms with Crippen LogP contribution in [0, 0.1) is 18.1 Å². The number of hydrogen-bond acceptors (Lipinski definition) is 3. The fourth-order valence-electron chi connectivity index (χ4n) is 2.42. The number of nitrogens with one attached hydrogen (secondary N) is 1. The van der Waals surface area contributed by atoms with E-state index in [1.165, 1.54) is 18.6 Å². The Balaban J connectivity index is 0.00000242. The van der Waals surface area contributed by atoms with Gasteiger partial charge in [-0.05, 0) is 44.4 Å². The van der Waals surface area contributed by atoms with E-state index in [1.54, 1.807) is 13.8 Å². The number of halogens is 3. The maximum atomic E-state index is 14.1. The summed E-state index contributed by atoms with van der Waals surface area (Å²) >= 11 is 0. The predicted molar refractivity (Wildman–Crippen MR) is 86.1 cm³/mol. The number of piperazine rings is 1. The Kier molecular flexibility index (Phi) is 7.19. The van der Waals surface area contributed by atoms with Gasteiger partial charge in [0.05, 0.1) is 5.60 Å². The molecule has 0 amide bonds. The molecule has 0 atom stereocenters. The van der Waals surface area contributed by atoms with Crippen LogP contribution in [0.4, 0.5) is 8.78 Å². The molecule has 1 aromatic carbocycles. The molecule has 1 radical (unpaired) electrons. The van der Waals surface area contributed by atoms with Gasteiger partial charge in [-0.25, -0.2) is 8.78 Å². The van der Waals surface area contributed by atoms with E-state index in [-0.39, 0.29) is 24.4 Å². The molecule has 3 nitrogen and oxygen atoms in total. The molecule has 2 rings (SSSR count). The maximum absolute atomic E-state index is 14.1. The highest BCUT2D eigenvalue weighted by molar-refractivity contribution is 5.85. The second-order valence-corrected chi connectivity index (χ2v) is 6.13. The minimum absolute atomic E-state index is 0. The zero-order chi connectivity index (χ0) is 15.5. The third-order valence-corrected chi connectivity index (χ3v) is 3.62. The first kappa shape index (κ1) is 19.3. The lowest BCUT2D eigenvalue weighted by Crippen LogP contribution is -2.42. The molecule has 125 valence electrons. The highest BCUT2D eigenvalue weighted by Crippen LogP contribution is 2.20. The van der Waals surface area contributed by atoms with Gasteiger partial charge in [-0.15, -0.1) is 12.4 Å². The monoisotopic (exact) mass is 333 g/mol. The molecule has 0 aromatic heterocycles. The van der Waals surface area contributed by atoms with Crippen LogP contribution in [-0.4, -0.2) is 41.8 Å². The lowest BCUT2D eigenvalue weighted by atomic mass is 9.97. The van der Waals surface area contributed by atoms with Gasteiger partial charge < -0.3 is 10.4 Å². The van der Waals surface area contributed by atoms with Gasteiger partial charge in [0, 0.05) is 38.3 Å². The van der Waals surface area contributed by atoms with Crippen molar-refractivity contribution < 1.29 is 13.9 Å². The number of benzene rings is 1. The van der Waals surface area contributed by atoms with Gasteiger partial charge in [-0.1, -0.05) is 0 Å². The van der Waals surface area contributed by atoms with Crippen molar-refractivity contribution in [3.8, 4) is 0 Å². The molecule has 0 spiro atoms. The van der Waals surface area contributed by atoms with E-state index in [0.29, 0.717) is 12.1 Å². The summed E-state index contributed by atoms with van der Waals surface area (Å²) in [5, 5.41) is 12.9. The standard InChI is InChI=1S/C16H23F2N2O.ClH/c1-16(2,21)4-3-13-14(17)9-12(10-15(13)18)11-20-7-5-19-6-8-20;/h4,9-10,19,21H,3,5-8,11H2,1-2H3;1H. The van der Waals surface area contributed by atoms with E-state index in [0.717, 1.165) is 26.2 Å². The third-order valence-electron chi connectivity index (χ3n) is 3.62. The highest BCUT2D eigenvalue weighted by atomic mass is 35.5. The van der Waals surface area contributed by atoms with Crippen LogP contribution in [0.5, 0.6) is 0 Å². The predicted octanol–water partition coefficient (Wildman–Crippen LogP) is 2.31. The molecule has 2 N–H and O–H groups in total. The number of aliphatic hydroxyl groups is 1. The second kappa shape index (κ2) is 8.20. The molecular weight excluding hydrogens is 310 g/mol. The van der Waals surface area contributed by atoms with Crippen LogP contribution >= 0.6 is 12.4 Å². The van der Waals surface area contributed by atoms with Gasteiger partial charge in [0.1, 0.15) is 11.6 Å². The first-order valence-electron chi connectivity index (χ1n) is 7.32. The Bertz CT molecular complexity index is 463. The van der Waals surface area contributed by atoms with Crippen LogP contribution in [-0.2, 0) is 13.0 Å². The summed E-state index contributed by atoms with van der Waals surface area (Å²) in [7, 11) is 0. The SMILES string of the molecule is CC(C)(O)[CH]Cc1c(F)cc(CN2CCNCC2)cc1F.Cl. The van der Waals surface area contributed by atoms with E-state index in [9.17, 15) is 13.9 Å². The largest absolute Gasteiger partial charge is 0.390 e. The summed E-state index contributed by atoms with van der Waals surface area (Å²) < 4.78 is 28.1. The topological polar surface area (TPSA) is 35.5 Å². The first-order chi connectivity index (χ1) is 9.85. The van der Waals surface area contributed by atoms with Crippen LogP contribution < -0.4 is 5.32 Å². The fraction of sp³-hybridized carbons (Fsp3) is 0.562. The summed E-state index contributed by atoms with van der Waals surface area (Å²) in [6.45, 7) is 7.32. The van der Waals surface area contributed by atoms with E-state index >= 15 is 0 Å². The Morgan fingerprint density at radius 3 is 2.27 bits per heavy atom. The second-order valence-electron chi connectivity index (χ2n) is 6.13. The zero-order valence-electron chi connectivity index (χ0n) is 13.0. The lowest BCUT2D eigenvalue weighted by Gasteiger charge is -2.27. The molecule has 1 aliphatic heterocycles. The van der Waals surface area contributed by atoms with Crippen molar-refractivity contribution in [2.24, 2.45) is 0 Å². The molecular formula is C16H24ClF2N2O. The molecule has 0 aliphatic carbocycles. The minimum Gasteiger partial charge on any atom is -0.390 e. The van der Waals surface area contributed by atoms with Crippen molar-refractivity contribution in [3.05, 3.63) is 41.3 Å². The van der Waals surface area contributed by atoms with E-state index in [4.69, 9.17) is 0 Å². The van der Waals surface area contributed by atoms with Crippen LogP contribution in [0.2, 0.25) is 0 Å². The van der Waals surface area contributed by atoms with Crippen molar-refractivity contribution in [1.29, 1.82) is 0 Å². The molecule has 0 saturated carbocycles. The zero-order valence-corrected chi connectivity index (χ0v) is 13.8. The summed E-state index contributed by atoms with van der Waals surface area (Å²) in [6, 6.07) is 2.80. The summed E-state index contributed by atoms with van der Waals surface area (Å²) in [5.74, 6) is -1.08. The normalized spacial score (nSPS) is 16.4. The van der Waals surface area contributed by atoms with Crippen LogP contribution in [0.25, 0.3) is 0 Å². The Morgan fingerprint density at radius 2 is 1.77 bits per heavy atom. The fourth-order valence-corrected chi connectivity index (χ4v) is 2.42. The number of nitrogens with zero attached hydrogens (tertiary/aromatic N) is 1. The van der Waals surface area contributed by atoms with E-state index in [1.807, 2.05) is 0 Å².